The molecule has 0 bridgehead atoms. The lowest BCUT2D eigenvalue weighted by Crippen LogP contribution is -2.48. The SMILES string of the molecule is O=C(NCCN1CCN(c2ccccc2)CC1)c1sccc1-n1cccc1. The quantitative estimate of drug-likeness (QED) is 0.714. The molecule has 1 aliphatic heterocycles. The van der Waals surface area contributed by atoms with Crippen molar-refractivity contribution in [2.24, 2.45) is 0 Å². The lowest BCUT2D eigenvalue weighted by Gasteiger charge is -2.36. The first kappa shape index (κ1) is 17.8. The minimum Gasteiger partial charge on any atom is -0.369 e. The van der Waals surface area contributed by atoms with Crippen LogP contribution in [0.15, 0.2) is 66.3 Å². The second-order valence-corrected chi connectivity index (χ2v) is 7.56. The number of nitrogens with zero attached hydrogens (tertiary/aromatic N) is 3. The monoisotopic (exact) mass is 380 g/mol. The van der Waals surface area contributed by atoms with Crippen LogP contribution in [0.3, 0.4) is 0 Å². The molecule has 6 heteroatoms. The number of para-hydroxylation sites is 1. The highest BCUT2D eigenvalue weighted by Crippen LogP contribution is 2.21. The molecular formula is C21H24N4OS. The van der Waals surface area contributed by atoms with E-state index in [4.69, 9.17) is 0 Å². The number of aromatic nitrogens is 1. The van der Waals surface area contributed by atoms with E-state index < -0.39 is 0 Å². The van der Waals surface area contributed by atoms with Crippen molar-refractivity contribution in [1.29, 1.82) is 0 Å². The first-order valence-electron chi connectivity index (χ1n) is 9.32. The number of hydrogen-bond donors (Lipinski definition) is 1. The Labute approximate surface area is 163 Å². The van der Waals surface area contributed by atoms with E-state index >= 15 is 0 Å². The van der Waals surface area contributed by atoms with Crippen LogP contribution in [0.1, 0.15) is 9.67 Å². The lowest BCUT2D eigenvalue weighted by molar-refractivity contribution is 0.0952. The fourth-order valence-electron chi connectivity index (χ4n) is 3.45. The summed E-state index contributed by atoms with van der Waals surface area (Å²) < 4.78 is 1.98. The molecule has 0 radical (unpaired) electrons. The van der Waals surface area contributed by atoms with E-state index in [2.05, 4.69) is 45.4 Å². The average Bonchev–Trinajstić information content (AvgIpc) is 3.40. The number of rotatable bonds is 6. The molecule has 5 nitrogen and oxygen atoms in total. The Morgan fingerprint density at radius 2 is 1.70 bits per heavy atom. The highest BCUT2D eigenvalue weighted by atomic mass is 32.1. The van der Waals surface area contributed by atoms with Gasteiger partial charge in [0, 0.05) is 57.3 Å². The van der Waals surface area contributed by atoms with Crippen LogP contribution in [0, 0.1) is 0 Å². The van der Waals surface area contributed by atoms with E-state index in [1.165, 1.54) is 17.0 Å². The largest absolute Gasteiger partial charge is 0.369 e. The summed E-state index contributed by atoms with van der Waals surface area (Å²) in [6.07, 6.45) is 3.93. The summed E-state index contributed by atoms with van der Waals surface area (Å²) >= 11 is 1.49. The van der Waals surface area contributed by atoms with Crippen molar-refractivity contribution < 1.29 is 4.79 Å². The normalized spacial score (nSPS) is 15.0. The summed E-state index contributed by atoms with van der Waals surface area (Å²) in [6, 6.07) is 16.5. The second kappa shape index (κ2) is 8.41. The Balaban J connectivity index is 1.24. The van der Waals surface area contributed by atoms with Gasteiger partial charge in [0.15, 0.2) is 0 Å². The molecule has 3 heterocycles. The van der Waals surface area contributed by atoms with Crippen molar-refractivity contribution >= 4 is 22.9 Å². The van der Waals surface area contributed by atoms with Gasteiger partial charge in [-0.1, -0.05) is 18.2 Å². The zero-order chi connectivity index (χ0) is 18.5. The maximum absolute atomic E-state index is 12.6. The highest BCUT2D eigenvalue weighted by molar-refractivity contribution is 7.12. The number of benzene rings is 1. The Morgan fingerprint density at radius 1 is 0.963 bits per heavy atom. The molecule has 4 rings (SSSR count). The molecule has 2 aromatic heterocycles. The predicted molar refractivity (Wildman–Crippen MR) is 111 cm³/mol. The molecule has 0 spiro atoms. The molecule has 1 aromatic carbocycles. The minimum atomic E-state index is 0.0108. The van der Waals surface area contributed by atoms with Gasteiger partial charge in [0.25, 0.3) is 5.91 Å². The molecule has 1 amide bonds. The molecule has 1 N–H and O–H groups in total. The van der Waals surface area contributed by atoms with Crippen molar-refractivity contribution in [2.45, 2.75) is 0 Å². The molecule has 1 saturated heterocycles. The van der Waals surface area contributed by atoms with Crippen molar-refractivity contribution in [1.82, 2.24) is 14.8 Å². The number of piperazine rings is 1. The van der Waals surface area contributed by atoms with Gasteiger partial charge in [0.05, 0.1) is 5.69 Å². The third-order valence-electron chi connectivity index (χ3n) is 4.94. The number of nitrogens with one attached hydrogen (secondary N) is 1. The van der Waals surface area contributed by atoms with Crippen LogP contribution >= 0.6 is 11.3 Å². The number of hydrogen-bond acceptors (Lipinski definition) is 4. The van der Waals surface area contributed by atoms with Crippen LogP contribution in [0.2, 0.25) is 0 Å². The van der Waals surface area contributed by atoms with Gasteiger partial charge in [0.1, 0.15) is 4.88 Å². The minimum absolute atomic E-state index is 0.0108. The summed E-state index contributed by atoms with van der Waals surface area (Å²) in [6.45, 7) is 5.67. The molecule has 140 valence electrons. The van der Waals surface area contributed by atoms with Gasteiger partial charge in [-0.05, 0) is 35.7 Å². The van der Waals surface area contributed by atoms with Crippen molar-refractivity contribution in [2.75, 3.05) is 44.2 Å². The van der Waals surface area contributed by atoms with Crippen LogP contribution in [0.5, 0.6) is 0 Å². The summed E-state index contributed by atoms with van der Waals surface area (Å²) in [5.74, 6) is 0.0108. The van der Waals surface area contributed by atoms with Gasteiger partial charge in [-0.2, -0.15) is 0 Å². The second-order valence-electron chi connectivity index (χ2n) is 6.65. The van der Waals surface area contributed by atoms with Crippen LogP contribution in [-0.4, -0.2) is 54.6 Å². The number of thiophene rings is 1. The van der Waals surface area contributed by atoms with Gasteiger partial charge >= 0.3 is 0 Å². The van der Waals surface area contributed by atoms with Crippen molar-refractivity contribution in [3.8, 4) is 5.69 Å². The van der Waals surface area contributed by atoms with Crippen molar-refractivity contribution in [3.05, 3.63) is 71.2 Å². The van der Waals surface area contributed by atoms with Crippen LogP contribution in [0.25, 0.3) is 5.69 Å². The summed E-state index contributed by atoms with van der Waals surface area (Å²) in [5.41, 5.74) is 2.24. The Morgan fingerprint density at radius 3 is 2.44 bits per heavy atom. The number of carbonyl (C=O) groups is 1. The molecule has 3 aromatic rings. The van der Waals surface area contributed by atoms with E-state index in [0.29, 0.717) is 6.54 Å². The fourth-order valence-corrected chi connectivity index (χ4v) is 4.25. The van der Waals surface area contributed by atoms with Crippen LogP contribution in [-0.2, 0) is 0 Å². The average molecular weight is 381 g/mol. The summed E-state index contributed by atoms with van der Waals surface area (Å²) in [4.78, 5) is 18.2. The van der Waals surface area contributed by atoms with Crippen LogP contribution < -0.4 is 10.2 Å². The maximum atomic E-state index is 12.6. The van der Waals surface area contributed by atoms with Gasteiger partial charge in [-0.3, -0.25) is 9.69 Å². The first-order chi connectivity index (χ1) is 13.3. The van der Waals surface area contributed by atoms with Gasteiger partial charge < -0.3 is 14.8 Å². The molecule has 1 aliphatic rings. The standard InChI is InChI=1S/C21H24N4OS/c26-21(20-19(8-17-27-20)25-10-4-5-11-25)22-9-12-23-13-15-24(16-14-23)18-6-2-1-3-7-18/h1-8,10-11,17H,9,12-16H2,(H,22,26). The molecule has 1 fully saturated rings. The molecular weight excluding hydrogens is 356 g/mol. The Kier molecular flexibility index (Phi) is 5.55. The van der Waals surface area contributed by atoms with E-state index in [1.54, 1.807) is 0 Å². The van der Waals surface area contributed by atoms with Crippen molar-refractivity contribution in [3.63, 3.8) is 0 Å². The van der Waals surface area contributed by atoms with E-state index in [-0.39, 0.29) is 5.91 Å². The molecule has 0 atom stereocenters. The first-order valence-corrected chi connectivity index (χ1v) is 10.2. The Bertz CT molecular complexity index is 851. The molecule has 0 saturated carbocycles. The smallest absolute Gasteiger partial charge is 0.263 e. The van der Waals surface area contributed by atoms with E-state index in [1.807, 2.05) is 40.5 Å². The van der Waals surface area contributed by atoms with Gasteiger partial charge in [-0.25, -0.2) is 0 Å². The predicted octanol–water partition coefficient (Wildman–Crippen LogP) is 3.09. The maximum Gasteiger partial charge on any atom is 0.263 e. The third kappa shape index (κ3) is 4.23. The Hall–Kier alpha value is -2.57. The fraction of sp³-hybridized carbons (Fsp3) is 0.286. The molecule has 27 heavy (non-hydrogen) atoms. The summed E-state index contributed by atoms with van der Waals surface area (Å²) in [5, 5.41) is 5.05. The third-order valence-corrected chi connectivity index (χ3v) is 5.84. The molecule has 0 aliphatic carbocycles. The van der Waals surface area contributed by atoms with Crippen LogP contribution in [0.4, 0.5) is 5.69 Å². The zero-order valence-electron chi connectivity index (χ0n) is 15.3. The highest BCUT2D eigenvalue weighted by Gasteiger charge is 2.18. The molecule has 0 unspecified atom stereocenters. The zero-order valence-corrected chi connectivity index (χ0v) is 16.1. The number of amides is 1. The topological polar surface area (TPSA) is 40.5 Å². The van der Waals surface area contributed by atoms with E-state index in [0.717, 1.165) is 43.3 Å². The number of anilines is 1. The number of carbonyl (C=O) groups excluding carboxylic acids is 1. The van der Waals surface area contributed by atoms with E-state index in [9.17, 15) is 4.79 Å². The van der Waals surface area contributed by atoms with Gasteiger partial charge in [0.2, 0.25) is 0 Å². The van der Waals surface area contributed by atoms with Gasteiger partial charge in [-0.15, -0.1) is 11.3 Å². The lowest BCUT2D eigenvalue weighted by atomic mass is 10.2. The summed E-state index contributed by atoms with van der Waals surface area (Å²) in [7, 11) is 0.